The van der Waals surface area contributed by atoms with Crippen molar-refractivity contribution in [1.29, 1.82) is 0 Å². The standard InChI is InChI=1S/C12H17F3N4/c1-3-9-4-11(17-7-16-9)18-10-5-19(6-10)8(2)12(13,14)15/h4,7-8,10H,3,5-6H2,1-2H3,(H,16,17,18)/t8-/m0/s1. The minimum atomic E-state index is -4.16. The molecular weight excluding hydrogens is 257 g/mol. The van der Waals surface area contributed by atoms with E-state index in [0.717, 1.165) is 12.1 Å². The van der Waals surface area contributed by atoms with Crippen molar-refractivity contribution in [3.8, 4) is 0 Å². The molecule has 2 heterocycles. The summed E-state index contributed by atoms with van der Waals surface area (Å²) < 4.78 is 37.5. The number of halogens is 3. The van der Waals surface area contributed by atoms with Crippen LogP contribution in [0.2, 0.25) is 0 Å². The van der Waals surface area contributed by atoms with E-state index in [9.17, 15) is 13.2 Å². The molecule has 0 unspecified atom stereocenters. The van der Waals surface area contributed by atoms with Gasteiger partial charge in [-0.25, -0.2) is 9.97 Å². The Labute approximate surface area is 110 Å². The van der Waals surface area contributed by atoms with E-state index in [4.69, 9.17) is 0 Å². The van der Waals surface area contributed by atoms with Gasteiger partial charge in [0.1, 0.15) is 18.2 Å². The number of nitrogens with one attached hydrogen (secondary N) is 1. The van der Waals surface area contributed by atoms with Crippen LogP contribution in [0.4, 0.5) is 19.0 Å². The Bertz CT molecular complexity index is 429. The highest BCUT2D eigenvalue weighted by Crippen LogP contribution is 2.28. The second-order valence-electron chi connectivity index (χ2n) is 4.76. The van der Waals surface area contributed by atoms with Crippen LogP contribution < -0.4 is 5.32 Å². The Morgan fingerprint density at radius 1 is 1.42 bits per heavy atom. The number of anilines is 1. The Balaban J connectivity index is 1.84. The minimum absolute atomic E-state index is 0.0180. The molecule has 1 aliphatic heterocycles. The molecule has 1 fully saturated rings. The first-order valence-electron chi connectivity index (χ1n) is 6.28. The molecule has 0 amide bonds. The third kappa shape index (κ3) is 3.34. The van der Waals surface area contributed by atoms with E-state index in [1.165, 1.54) is 18.2 Å². The number of aryl methyl sites for hydroxylation is 1. The molecule has 0 saturated carbocycles. The number of aromatic nitrogens is 2. The third-order valence-electron chi connectivity index (χ3n) is 3.37. The monoisotopic (exact) mass is 274 g/mol. The van der Waals surface area contributed by atoms with Gasteiger partial charge in [-0.15, -0.1) is 0 Å². The zero-order valence-corrected chi connectivity index (χ0v) is 10.9. The fourth-order valence-electron chi connectivity index (χ4n) is 2.01. The summed E-state index contributed by atoms with van der Waals surface area (Å²) in [6.45, 7) is 3.94. The number of hydrogen-bond donors (Lipinski definition) is 1. The van der Waals surface area contributed by atoms with Gasteiger partial charge < -0.3 is 5.32 Å². The molecule has 106 valence electrons. The van der Waals surface area contributed by atoms with Crippen LogP contribution in [0.5, 0.6) is 0 Å². The molecule has 19 heavy (non-hydrogen) atoms. The molecule has 1 N–H and O–H groups in total. The molecule has 4 nitrogen and oxygen atoms in total. The molecule has 0 aliphatic carbocycles. The highest BCUT2D eigenvalue weighted by molar-refractivity contribution is 5.37. The van der Waals surface area contributed by atoms with Crippen LogP contribution in [0.15, 0.2) is 12.4 Å². The van der Waals surface area contributed by atoms with Gasteiger partial charge in [-0.2, -0.15) is 13.2 Å². The highest BCUT2D eigenvalue weighted by Gasteiger charge is 2.44. The first-order valence-corrected chi connectivity index (χ1v) is 6.28. The van der Waals surface area contributed by atoms with Crippen molar-refractivity contribution in [2.24, 2.45) is 0 Å². The summed E-state index contributed by atoms with van der Waals surface area (Å²) in [7, 11) is 0. The van der Waals surface area contributed by atoms with E-state index in [0.29, 0.717) is 18.9 Å². The number of nitrogens with zero attached hydrogens (tertiary/aromatic N) is 3. The Hall–Kier alpha value is -1.37. The van der Waals surface area contributed by atoms with Crippen molar-refractivity contribution in [2.75, 3.05) is 18.4 Å². The van der Waals surface area contributed by atoms with Crippen molar-refractivity contribution in [3.63, 3.8) is 0 Å². The fraction of sp³-hybridized carbons (Fsp3) is 0.667. The summed E-state index contributed by atoms with van der Waals surface area (Å²) in [6.07, 6.45) is -1.88. The molecule has 0 aromatic carbocycles. The lowest BCUT2D eigenvalue weighted by Gasteiger charge is -2.43. The normalized spacial score (nSPS) is 19.0. The van der Waals surface area contributed by atoms with E-state index in [-0.39, 0.29) is 6.04 Å². The smallest absolute Gasteiger partial charge is 0.365 e. The van der Waals surface area contributed by atoms with Crippen LogP contribution in [0.3, 0.4) is 0 Å². The second kappa shape index (κ2) is 5.32. The topological polar surface area (TPSA) is 41.0 Å². The van der Waals surface area contributed by atoms with Crippen LogP contribution in [0.25, 0.3) is 0 Å². The summed E-state index contributed by atoms with van der Waals surface area (Å²) >= 11 is 0. The van der Waals surface area contributed by atoms with Crippen molar-refractivity contribution in [2.45, 2.75) is 38.5 Å². The number of likely N-dealkylation sites (tertiary alicyclic amines) is 1. The molecule has 0 bridgehead atoms. The van der Waals surface area contributed by atoms with E-state index < -0.39 is 12.2 Å². The Morgan fingerprint density at radius 2 is 2.11 bits per heavy atom. The molecule has 1 atom stereocenters. The predicted molar refractivity (Wildman–Crippen MR) is 65.9 cm³/mol. The number of alkyl halides is 3. The van der Waals surface area contributed by atoms with Crippen LogP contribution in [-0.4, -0.2) is 46.2 Å². The number of rotatable bonds is 4. The zero-order chi connectivity index (χ0) is 14.0. The van der Waals surface area contributed by atoms with E-state index in [1.54, 1.807) is 0 Å². The molecule has 1 saturated heterocycles. The number of hydrogen-bond acceptors (Lipinski definition) is 4. The molecule has 1 aliphatic rings. The summed E-state index contributed by atoms with van der Waals surface area (Å²) in [6, 6.07) is 0.460. The van der Waals surface area contributed by atoms with Crippen molar-refractivity contribution < 1.29 is 13.2 Å². The maximum atomic E-state index is 12.5. The molecule has 0 spiro atoms. The second-order valence-corrected chi connectivity index (χ2v) is 4.76. The summed E-state index contributed by atoms with van der Waals surface area (Å²) in [4.78, 5) is 9.54. The SMILES string of the molecule is CCc1cc(NC2CN([C@@H](C)C(F)(F)F)C2)ncn1. The van der Waals surface area contributed by atoms with Crippen LogP contribution in [-0.2, 0) is 6.42 Å². The average molecular weight is 274 g/mol. The van der Waals surface area contributed by atoms with Crippen molar-refractivity contribution in [3.05, 3.63) is 18.1 Å². The van der Waals surface area contributed by atoms with Crippen molar-refractivity contribution >= 4 is 5.82 Å². The maximum Gasteiger partial charge on any atom is 0.403 e. The van der Waals surface area contributed by atoms with Gasteiger partial charge in [0, 0.05) is 24.8 Å². The Kier molecular flexibility index (Phi) is 3.93. The van der Waals surface area contributed by atoms with Gasteiger partial charge in [0.2, 0.25) is 0 Å². The minimum Gasteiger partial charge on any atom is -0.365 e. The fourth-order valence-corrected chi connectivity index (χ4v) is 2.01. The molecule has 2 rings (SSSR count). The quantitative estimate of drug-likeness (QED) is 0.912. The van der Waals surface area contributed by atoms with Crippen molar-refractivity contribution in [1.82, 2.24) is 14.9 Å². The lowest BCUT2D eigenvalue weighted by molar-refractivity contribution is -0.188. The molecule has 1 aromatic rings. The average Bonchev–Trinajstić information content (AvgIpc) is 2.31. The van der Waals surface area contributed by atoms with Gasteiger partial charge in [0.25, 0.3) is 0 Å². The molecule has 0 radical (unpaired) electrons. The van der Waals surface area contributed by atoms with Gasteiger partial charge in [-0.3, -0.25) is 4.90 Å². The molecule has 7 heteroatoms. The van der Waals surface area contributed by atoms with Gasteiger partial charge in [-0.05, 0) is 13.3 Å². The van der Waals surface area contributed by atoms with Gasteiger partial charge in [0.05, 0.1) is 6.04 Å². The van der Waals surface area contributed by atoms with E-state index in [2.05, 4.69) is 15.3 Å². The first-order chi connectivity index (χ1) is 8.90. The predicted octanol–water partition coefficient (Wildman–Crippen LogP) is 2.09. The lowest BCUT2D eigenvalue weighted by atomic mass is 10.1. The van der Waals surface area contributed by atoms with Gasteiger partial charge in [-0.1, -0.05) is 6.92 Å². The molecular formula is C12H17F3N4. The highest BCUT2D eigenvalue weighted by atomic mass is 19.4. The lowest BCUT2D eigenvalue weighted by Crippen LogP contribution is -2.61. The summed E-state index contributed by atoms with van der Waals surface area (Å²) in [5.74, 6) is 0.677. The maximum absolute atomic E-state index is 12.5. The third-order valence-corrected chi connectivity index (χ3v) is 3.37. The van der Waals surface area contributed by atoms with E-state index in [1.807, 2.05) is 13.0 Å². The summed E-state index contributed by atoms with van der Waals surface area (Å²) in [5, 5.41) is 3.13. The zero-order valence-electron chi connectivity index (χ0n) is 10.9. The van der Waals surface area contributed by atoms with Gasteiger partial charge >= 0.3 is 6.18 Å². The van der Waals surface area contributed by atoms with Crippen LogP contribution >= 0.6 is 0 Å². The van der Waals surface area contributed by atoms with E-state index >= 15 is 0 Å². The van der Waals surface area contributed by atoms with Gasteiger partial charge in [0.15, 0.2) is 0 Å². The summed E-state index contributed by atoms with van der Waals surface area (Å²) in [5.41, 5.74) is 0.914. The van der Waals surface area contributed by atoms with Crippen LogP contribution in [0, 0.1) is 0 Å². The Morgan fingerprint density at radius 3 is 2.68 bits per heavy atom. The largest absolute Gasteiger partial charge is 0.403 e. The first kappa shape index (κ1) is 14.0. The van der Waals surface area contributed by atoms with Crippen LogP contribution in [0.1, 0.15) is 19.5 Å². The molecule has 1 aromatic heterocycles.